The van der Waals surface area contributed by atoms with E-state index < -0.39 is 0 Å². The Morgan fingerprint density at radius 1 is 0.784 bits per heavy atom. The Hall–Kier alpha value is -5.35. The zero-order chi connectivity index (χ0) is 38.2. The van der Waals surface area contributed by atoms with Gasteiger partial charge in [0, 0.05) is 16.8 Å². The van der Waals surface area contributed by atoms with E-state index in [4.69, 9.17) is 22.6 Å². The van der Waals surface area contributed by atoms with Crippen LogP contribution in [0.5, 0.6) is 0 Å². The van der Waals surface area contributed by atoms with Crippen LogP contribution in [0.25, 0.3) is 33.7 Å². The zero-order valence-corrected chi connectivity index (χ0v) is 32.2. The number of nitrogens with two attached hydrogens (primary N) is 3. The number of hydrogen-bond acceptors (Lipinski definition) is 3. The van der Waals surface area contributed by atoms with Crippen LogP contribution in [0, 0.1) is 5.41 Å². The molecule has 0 atom stereocenters. The van der Waals surface area contributed by atoms with E-state index in [1.54, 1.807) is 17.2 Å². The number of allylic oxidation sites excluding steroid dienone is 9. The SMILES string of the molecule is C=CCc1cc2c(c3c1C=CCC3)CCC=C2.C=C\C(C)=C/C=C(N)/C=C\C.CC.CC.CC(=N)N.Nc1cc2ccccc2c2ccccc12. The van der Waals surface area contributed by atoms with E-state index in [2.05, 4.69) is 73.9 Å². The molecule has 0 aromatic heterocycles. The first kappa shape index (κ1) is 43.7. The maximum absolute atomic E-state index is 6.28. The van der Waals surface area contributed by atoms with E-state index in [9.17, 15) is 0 Å². The molecule has 2 aliphatic carbocycles. The van der Waals surface area contributed by atoms with Gasteiger partial charge in [-0.25, -0.2) is 0 Å². The van der Waals surface area contributed by atoms with E-state index in [1.807, 2.05) is 96.2 Å². The van der Waals surface area contributed by atoms with E-state index in [0.717, 1.165) is 28.8 Å². The van der Waals surface area contributed by atoms with Gasteiger partial charge in [0.15, 0.2) is 0 Å². The summed E-state index contributed by atoms with van der Waals surface area (Å²) in [6.07, 6.45) is 26.4. The quantitative estimate of drug-likeness (QED) is 0.0421. The van der Waals surface area contributed by atoms with Crippen molar-refractivity contribution in [2.45, 2.75) is 80.6 Å². The summed E-state index contributed by atoms with van der Waals surface area (Å²) < 4.78 is 0. The molecule has 0 spiro atoms. The molecule has 0 unspecified atom stereocenters. The minimum absolute atomic E-state index is 0.167. The second-order valence-electron chi connectivity index (χ2n) is 11.6. The van der Waals surface area contributed by atoms with Gasteiger partial charge in [0.2, 0.25) is 0 Å². The van der Waals surface area contributed by atoms with Crippen LogP contribution in [-0.4, -0.2) is 5.84 Å². The highest BCUT2D eigenvalue weighted by Gasteiger charge is 2.17. The van der Waals surface area contributed by atoms with Crippen molar-refractivity contribution in [1.82, 2.24) is 0 Å². The lowest BCUT2D eigenvalue weighted by atomic mass is 9.82. The third-order valence-electron chi connectivity index (χ3n) is 7.80. The van der Waals surface area contributed by atoms with Gasteiger partial charge in [-0.15, -0.1) is 6.58 Å². The van der Waals surface area contributed by atoms with Crippen LogP contribution in [0.1, 0.15) is 89.1 Å². The fourth-order valence-electron chi connectivity index (χ4n) is 5.64. The lowest BCUT2D eigenvalue weighted by Gasteiger charge is -2.23. The highest BCUT2D eigenvalue weighted by atomic mass is 14.7. The number of fused-ring (bicyclic) bond motifs is 6. The Morgan fingerprint density at radius 2 is 1.35 bits per heavy atom. The molecule has 0 radical (unpaired) electrons. The second kappa shape index (κ2) is 24.7. The fraction of sp³-hybridized carbons (Fsp3) is 0.255. The molecule has 7 N–H and O–H groups in total. The lowest BCUT2D eigenvalue weighted by molar-refractivity contribution is 0.899. The Bertz CT molecular complexity index is 1860. The van der Waals surface area contributed by atoms with Crippen molar-refractivity contribution in [3.63, 3.8) is 0 Å². The van der Waals surface area contributed by atoms with Gasteiger partial charge in [0.05, 0.1) is 5.84 Å². The van der Waals surface area contributed by atoms with Crippen LogP contribution in [0.2, 0.25) is 0 Å². The van der Waals surface area contributed by atoms with Crippen molar-refractivity contribution in [3.8, 4) is 0 Å². The van der Waals surface area contributed by atoms with Crippen molar-refractivity contribution in [1.29, 1.82) is 5.41 Å². The van der Waals surface area contributed by atoms with Crippen LogP contribution in [0.4, 0.5) is 5.69 Å². The van der Waals surface area contributed by atoms with Gasteiger partial charge >= 0.3 is 0 Å². The molecule has 4 aromatic rings. The molecule has 4 aromatic carbocycles. The Labute approximate surface area is 309 Å². The lowest BCUT2D eigenvalue weighted by Crippen LogP contribution is -2.08. The normalized spacial score (nSPS) is 12.5. The average Bonchev–Trinajstić information content (AvgIpc) is 3.16. The molecule has 0 heterocycles. The summed E-state index contributed by atoms with van der Waals surface area (Å²) in [6.45, 7) is 20.9. The number of amidine groups is 1. The second-order valence-corrected chi connectivity index (χ2v) is 11.6. The molecule has 51 heavy (non-hydrogen) atoms. The van der Waals surface area contributed by atoms with Crippen LogP contribution >= 0.6 is 0 Å². The van der Waals surface area contributed by atoms with Gasteiger partial charge in [-0.05, 0) is 115 Å². The largest absolute Gasteiger partial charge is 0.399 e. The topological polar surface area (TPSA) is 102 Å². The predicted octanol–water partition coefficient (Wildman–Crippen LogP) is 12.4. The highest BCUT2D eigenvalue weighted by Crippen LogP contribution is 2.33. The van der Waals surface area contributed by atoms with Crippen LogP contribution in [0.3, 0.4) is 0 Å². The molecule has 0 aliphatic heterocycles. The van der Waals surface area contributed by atoms with Crippen LogP contribution in [-0.2, 0) is 19.3 Å². The van der Waals surface area contributed by atoms with Gasteiger partial charge in [-0.3, -0.25) is 5.41 Å². The molecule has 270 valence electrons. The van der Waals surface area contributed by atoms with Crippen molar-refractivity contribution >= 4 is 45.2 Å². The molecule has 0 amide bonds. The van der Waals surface area contributed by atoms with E-state index in [1.165, 1.54) is 65.5 Å². The van der Waals surface area contributed by atoms with Crippen molar-refractivity contribution in [2.24, 2.45) is 11.5 Å². The Balaban J connectivity index is 0.000000353. The maximum Gasteiger partial charge on any atom is 0.0873 e. The molecule has 0 bridgehead atoms. The minimum Gasteiger partial charge on any atom is -0.399 e. The van der Waals surface area contributed by atoms with E-state index in [0.29, 0.717) is 0 Å². The first-order valence-electron chi connectivity index (χ1n) is 18.2. The monoisotopic (exact) mass is 682 g/mol. The summed E-state index contributed by atoms with van der Waals surface area (Å²) in [6, 6.07) is 21.0. The van der Waals surface area contributed by atoms with Crippen LogP contribution < -0.4 is 17.2 Å². The summed E-state index contributed by atoms with van der Waals surface area (Å²) in [5.41, 5.74) is 26.6. The summed E-state index contributed by atoms with van der Waals surface area (Å²) >= 11 is 0. The average molecular weight is 683 g/mol. The summed E-state index contributed by atoms with van der Waals surface area (Å²) in [7, 11) is 0. The third kappa shape index (κ3) is 14.2. The summed E-state index contributed by atoms with van der Waals surface area (Å²) in [5.74, 6) is 0.167. The van der Waals surface area contributed by atoms with Crippen molar-refractivity contribution < 1.29 is 0 Å². The number of nitrogen functional groups attached to an aromatic ring is 1. The molecular weight excluding hydrogens is 621 g/mol. The Kier molecular flexibility index (Phi) is 21.2. The van der Waals surface area contributed by atoms with Gasteiger partial charge < -0.3 is 17.2 Å². The Morgan fingerprint density at radius 3 is 1.96 bits per heavy atom. The summed E-state index contributed by atoms with van der Waals surface area (Å²) in [4.78, 5) is 0. The first-order valence-corrected chi connectivity index (χ1v) is 18.2. The van der Waals surface area contributed by atoms with Gasteiger partial charge in [-0.2, -0.15) is 0 Å². The number of nitrogens with one attached hydrogen (secondary N) is 1. The molecule has 0 fully saturated rings. The van der Waals surface area contributed by atoms with Gasteiger partial charge in [-0.1, -0.05) is 143 Å². The third-order valence-corrected chi connectivity index (χ3v) is 7.80. The highest BCUT2D eigenvalue weighted by molar-refractivity contribution is 6.12. The molecule has 4 heteroatoms. The van der Waals surface area contributed by atoms with E-state index >= 15 is 0 Å². The maximum atomic E-state index is 6.28. The number of rotatable bonds is 5. The van der Waals surface area contributed by atoms with Crippen LogP contribution in [0.15, 0.2) is 134 Å². The standard InChI is InChI=1S/C17H18.C14H11N.C10H15N.C2H6N2.2C2H6/c1-2-7-13-12-14-8-3-4-9-16(14)17-11-6-5-10-15(13)17;15-14-9-10-5-1-2-6-11(10)12-7-3-4-8-13(12)14;1-4-6-10(11)8-7-9(3)5-2;1-2(3)4;2*1-2/h2-3,5,8,10,12H,1,4,6-7,9,11H2;1-9H,15H2;4-8H,2,11H2,1,3H3;1H3,(H3,3,4);2*1-2H3/b;;6-4-,9-7-,10-8-;;;. The van der Waals surface area contributed by atoms with E-state index in [-0.39, 0.29) is 5.84 Å². The number of anilines is 1. The molecule has 6 rings (SSSR count). The first-order chi connectivity index (χ1) is 24.7. The number of hydrogen-bond donors (Lipinski definition) is 4. The van der Waals surface area contributed by atoms with Gasteiger partial charge in [0.25, 0.3) is 0 Å². The van der Waals surface area contributed by atoms with Gasteiger partial charge in [0.1, 0.15) is 0 Å². The molecule has 2 aliphatic rings. The molecule has 4 nitrogen and oxygen atoms in total. The minimum atomic E-state index is 0.167. The molecular formula is C47H62N4. The zero-order valence-electron chi connectivity index (χ0n) is 32.2. The van der Waals surface area contributed by atoms with Crippen molar-refractivity contribution in [3.05, 3.63) is 162 Å². The number of benzene rings is 4. The molecule has 0 saturated carbocycles. The van der Waals surface area contributed by atoms with Crippen molar-refractivity contribution in [2.75, 3.05) is 5.73 Å². The predicted molar refractivity (Wildman–Crippen MR) is 232 cm³/mol. The summed E-state index contributed by atoms with van der Waals surface area (Å²) in [5, 5.41) is 11.1. The molecule has 0 saturated heterocycles. The fourth-order valence-corrected chi connectivity index (χ4v) is 5.64. The smallest absolute Gasteiger partial charge is 0.0873 e.